The van der Waals surface area contributed by atoms with Gasteiger partial charge in [-0.3, -0.25) is 9.78 Å². The second-order valence-corrected chi connectivity index (χ2v) is 8.76. The highest BCUT2D eigenvalue weighted by Crippen LogP contribution is 2.42. The Morgan fingerprint density at radius 3 is 2.85 bits per heavy atom. The normalized spacial score (nSPS) is 15.0. The number of esters is 1. The molecule has 1 aliphatic rings. The lowest BCUT2D eigenvalue weighted by atomic mass is 10.1. The van der Waals surface area contributed by atoms with Crippen LogP contribution in [0.15, 0.2) is 34.2 Å². The summed E-state index contributed by atoms with van der Waals surface area (Å²) in [6.45, 7) is 3.79. The number of nitrogens with zero attached hydrogens (tertiary/aromatic N) is 2. The second kappa shape index (κ2) is 9.38. The quantitative estimate of drug-likeness (QED) is 0.302. The van der Waals surface area contributed by atoms with E-state index in [2.05, 4.69) is 10.3 Å². The average Bonchev–Trinajstić information content (AvgIpc) is 3.18. The molecule has 10 heteroatoms. The molecular weight excluding hydrogens is 450 g/mol. The molecule has 1 atom stereocenters. The predicted octanol–water partition coefficient (Wildman–Crippen LogP) is 4.15. The van der Waals surface area contributed by atoms with Gasteiger partial charge in [-0.05, 0) is 38.8 Å². The van der Waals surface area contributed by atoms with Gasteiger partial charge in [0.2, 0.25) is 5.43 Å². The van der Waals surface area contributed by atoms with E-state index in [1.165, 1.54) is 11.8 Å². The van der Waals surface area contributed by atoms with Crippen LogP contribution in [0.3, 0.4) is 0 Å². The summed E-state index contributed by atoms with van der Waals surface area (Å²) in [6.07, 6.45) is 2.90. The maximum absolute atomic E-state index is 15.7. The lowest BCUT2D eigenvalue weighted by molar-refractivity contribution is 0.0519. The number of benzene rings is 1. The van der Waals surface area contributed by atoms with Gasteiger partial charge in [-0.2, -0.15) is 0 Å². The topological polar surface area (TPSA) is 99.2 Å². The minimum atomic E-state index is -1.05. The third-order valence-electron chi connectivity index (χ3n) is 5.54. The zero-order valence-corrected chi connectivity index (χ0v) is 19.1. The summed E-state index contributed by atoms with van der Waals surface area (Å²) < 4.78 is 37.4. The Balaban J connectivity index is 1.79. The van der Waals surface area contributed by atoms with E-state index in [1.54, 1.807) is 17.7 Å². The fraction of sp³-hybridized carbons (Fsp3) is 0.348. The van der Waals surface area contributed by atoms with E-state index in [0.717, 1.165) is 5.69 Å². The van der Waals surface area contributed by atoms with Crippen molar-refractivity contribution in [3.05, 3.63) is 57.5 Å². The van der Waals surface area contributed by atoms with Gasteiger partial charge < -0.3 is 20.4 Å². The summed E-state index contributed by atoms with van der Waals surface area (Å²) >= 11 is 1.26. The molecule has 174 valence electrons. The highest BCUT2D eigenvalue weighted by Gasteiger charge is 2.34. The summed E-state index contributed by atoms with van der Waals surface area (Å²) in [4.78, 5) is 29.9. The zero-order chi connectivity index (χ0) is 23.7. The molecule has 1 aromatic carbocycles. The number of halogens is 2. The summed E-state index contributed by atoms with van der Waals surface area (Å²) in [5.74, 6) is -2.26. The Labute approximate surface area is 193 Å². The van der Waals surface area contributed by atoms with Crippen LogP contribution in [0.1, 0.15) is 42.4 Å². The van der Waals surface area contributed by atoms with E-state index in [9.17, 15) is 9.59 Å². The van der Waals surface area contributed by atoms with Crippen LogP contribution in [0.2, 0.25) is 0 Å². The van der Waals surface area contributed by atoms with Gasteiger partial charge in [0, 0.05) is 30.2 Å². The maximum atomic E-state index is 15.7. The third kappa shape index (κ3) is 4.03. The standard InChI is InChI=1S/C23H24F2N4O3S/c1-3-32-23(31)15-21(30)14-18(26)16(24)19(28-10-6-8-13-7-4-5-9-27-13)17(25)20(14)29-12(2)11-33-22(15)29/h4-5,7,9,12,28H,3,6,8,10-11,26H2,1-2H3/t12-/m1/s1. The monoisotopic (exact) mass is 474 g/mol. The molecule has 3 N–H and O–H groups in total. The zero-order valence-electron chi connectivity index (χ0n) is 18.3. The molecule has 0 saturated carbocycles. The van der Waals surface area contributed by atoms with E-state index in [0.29, 0.717) is 23.6 Å². The number of aromatic nitrogens is 2. The number of carbonyl (C=O) groups is 1. The Morgan fingerprint density at radius 1 is 1.36 bits per heavy atom. The summed E-state index contributed by atoms with van der Waals surface area (Å²) in [7, 11) is 0. The number of anilines is 2. The van der Waals surface area contributed by atoms with Gasteiger partial charge in [0.05, 0.1) is 28.2 Å². The molecule has 3 heterocycles. The predicted molar refractivity (Wildman–Crippen MR) is 125 cm³/mol. The molecule has 4 rings (SSSR count). The fourth-order valence-electron chi connectivity index (χ4n) is 4.00. The smallest absolute Gasteiger partial charge is 0.344 e. The number of thioether (sulfide) groups is 1. The number of hydrogen-bond donors (Lipinski definition) is 2. The number of pyridine rings is 2. The van der Waals surface area contributed by atoms with Gasteiger partial charge in [-0.1, -0.05) is 6.07 Å². The first kappa shape index (κ1) is 23.0. The number of nitrogen functional groups attached to an aromatic ring is 1. The van der Waals surface area contributed by atoms with Gasteiger partial charge in [0.1, 0.15) is 11.3 Å². The number of nitrogens with one attached hydrogen (secondary N) is 1. The van der Waals surface area contributed by atoms with E-state index in [-0.39, 0.29) is 41.3 Å². The van der Waals surface area contributed by atoms with Gasteiger partial charge in [-0.15, -0.1) is 11.8 Å². The van der Waals surface area contributed by atoms with Gasteiger partial charge in [-0.25, -0.2) is 13.6 Å². The van der Waals surface area contributed by atoms with E-state index in [4.69, 9.17) is 10.5 Å². The summed E-state index contributed by atoms with van der Waals surface area (Å²) in [5.41, 5.74) is 4.83. The molecule has 0 radical (unpaired) electrons. The fourth-order valence-corrected chi connectivity index (χ4v) is 5.28. The summed E-state index contributed by atoms with van der Waals surface area (Å²) in [6, 6.07) is 5.33. The van der Waals surface area contributed by atoms with Crippen LogP contribution >= 0.6 is 11.8 Å². The van der Waals surface area contributed by atoms with Crippen LogP contribution < -0.4 is 16.5 Å². The molecule has 3 aromatic rings. The molecule has 2 aromatic heterocycles. The van der Waals surface area contributed by atoms with Crippen LogP contribution in [-0.2, 0) is 11.2 Å². The Hall–Kier alpha value is -3.14. The molecular formula is C23H24F2N4O3S. The second-order valence-electron chi connectivity index (χ2n) is 7.75. The SMILES string of the molecule is CCOC(=O)c1c2n(c3c(F)c(NCCCc4ccccn4)c(F)c(N)c3c1=O)[C@H](C)CS2. The molecule has 0 fully saturated rings. The van der Waals surface area contributed by atoms with Crippen molar-refractivity contribution in [1.82, 2.24) is 9.55 Å². The number of nitrogens with two attached hydrogens (primary N) is 1. The lowest BCUT2D eigenvalue weighted by Crippen LogP contribution is -2.25. The molecule has 0 unspecified atom stereocenters. The van der Waals surface area contributed by atoms with Crippen molar-refractivity contribution < 1.29 is 18.3 Å². The molecule has 33 heavy (non-hydrogen) atoms. The van der Waals surface area contributed by atoms with Gasteiger partial charge >= 0.3 is 5.97 Å². The highest BCUT2D eigenvalue weighted by atomic mass is 32.2. The summed E-state index contributed by atoms with van der Waals surface area (Å²) in [5, 5.41) is 2.76. The molecule has 1 aliphatic heterocycles. The molecule has 0 spiro atoms. The van der Waals surface area contributed by atoms with Gasteiger partial charge in [0.15, 0.2) is 11.6 Å². The first-order valence-corrected chi connectivity index (χ1v) is 11.7. The minimum Gasteiger partial charge on any atom is -0.462 e. The average molecular weight is 475 g/mol. The number of hydrogen-bond acceptors (Lipinski definition) is 7. The molecule has 0 saturated heterocycles. The number of ether oxygens (including phenoxy) is 1. The molecule has 0 amide bonds. The van der Waals surface area contributed by atoms with Crippen LogP contribution in [-0.4, -0.2) is 34.4 Å². The van der Waals surface area contributed by atoms with Crippen LogP contribution in [0, 0.1) is 11.6 Å². The van der Waals surface area contributed by atoms with Crippen molar-refractivity contribution in [2.75, 3.05) is 30.0 Å². The first-order valence-electron chi connectivity index (χ1n) is 10.7. The van der Waals surface area contributed by atoms with Crippen LogP contribution in [0.5, 0.6) is 0 Å². The largest absolute Gasteiger partial charge is 0.462 e. The van der Waals surface area contributed by atoms with Crippen LogP contribution in [0.25, 0.3) is 10.9 Å². The Bertz CT molecular complexity index is 1280. The minimum absolute atomic E-state index is 0.0650. The Morgan fingerprint density at radius 2 is 2.15 bits per heavy atom. The number of aryl methyl sites for hydroxylation is 1. The maximum Gasteiger partial charge on any atom is 0.344 e. The van der Waals surface area contributed by atoms with E-state index >= 15 is 8.78 Å². The number of rotatable bonds is 7. The van der Waals surface area contributed by atoms with Crippen molar-refractivity contribution in [3.8, 4) is 0 Å². The molecule has 0 bridgehead atoms. The van der Waals surface area contributed by atoms with E-state index in [1.807, 2.05) is 25.1 Å². The number of fused-ring (bicyclic) bond motifs is 3. The van der Waals surface area contributed by atoms with Crippen molar-refractivity contribution in [3.63, 3.8) is 0 Å². The van der Waals surface area contributed by atoms with Gasteiger partial charge in [0.25, 0.3) is 0 Å². The van der Waals surface area contributed by atoms with Crippen molar-refractivity contribution >= 4 is 40.0 Å². The molecule has 7 nitrogen and oxygen atoms in total. The van der Waals surface area contributed by atoms with Crippen LogP contribution in [0.4, 0.5) is 20.2 Å². The third-order valence-corrected chi connectivity index (χ3v) is 6.86. The van der Waals surface area contributed by atoms with Crippen molar-refractivity contribution in [2.24, 2.45) is 0 Å². The molecule has 0 aliphatic carbocycles. The Kier molecular flexibility index (Phi) is 6.55. The first-order chi connectivity index (χ1) is 15.9. The number of carbonyl (C=O) groups excluding carboxylic acids is 1. The van der Waals surface area contributed by atoms with Crippen molar-refractivity contribution in [2.45, 2.75) is 37.8 Å². The lowest BCUT2D eigenvalue weighted by Gasteiger charge is -2.20. The highest BCUT2D eigenvalue weighted by molar-refractivity contribution is 7.99. The van der Waals surface area contributed by atoms with E-state index < -0.39 is 28.7 Å². The van der Waals surface area contributed by atoms with Crippen molar-refractivity contribution in [1.29, 1.82) is 0 Å².